The highest BCUT2D eigenvalue weighted by molar-refractivity contribution is 5.74. The highest BCUT2D eigenvalue weighted by atomic mass is 16.6. The third-order valence-corrected chi connectivity index (χ3v) is 2.71. The Hall–Kier alpha value is -2.35. The summed E-state index contributed by atoms with van der Waals surface area (Å²) in [6, 6.07) is 4.09. The second-order valence-electron chi connectivity index (χ2n) is 4.01. The Morgan fingerprint density at radius 3 is 2.43 bits per heavy atom. The van der Waals surface area contributed by atoms with E-state index in [1.54, 1.807) is 0 Å². The number of nitro groups is 1. The summed E-state index contributed by atoms with van der Waals surface area (Å²) in [6.07, 6.45) is -0.482. The second-order valence-corrected chi connectivity index (χ2v) is 4.01. The minimum Gasteiger partial charge on any atom is -0.496 e. The predicted octanol–water partition coefficient (Wildman–Crippen LogP) is 1.56. The van der Waals surface area contributed by atoms with E-state index in [2.05, 4.69) is 4.74 Å². The van der Waals surface area contributed by atoms with Gasteiger partial charge in [0.2, 0.25) is 0 Å². The fourth-order valence-corrected chi connectivity index (χ4v) is 1.61. The van der Waals surface area contributed by atoms with Gasteiger partial charge in [-0.15, -0.1) is 0 Å². The molecule has 0 unspecified atom stereocenters. The number of rotatable bonds is 8. The van der Waals surface area contributed by atoms with Crippen LogP contribution in [0.25, 0.3) is 0 Å². The van der Waals surface area contributed by atoms with Crippen molar-refractivity contribution in [1.82, 2.24) is 0 Å². The molecule has 0 aromatic heterocycles. The number of carbonyl (C=O) groups is 1. The number of carbonyl (C=O) groups excluding carboxylic acids is 1. The van der Waals surface area contributed by atoms with Crippen LogP contribution in [-0.4, -0.2) is 44.9 Å². The summed E-state index contributed by atoms with van der Waals surface area (Å²) in [5.41, 5.74) is -0.138. The molecule has 1 aromatic carbocycles. The van der Waals surface area contributed by atoms with E-state index in [0.717, 1.165) is 0 Å². The van der Waals surface area contributed by atoms with Gasteiger partial charge in [-0.2, -0.15) is 0 Å². The molecular formula is C13H17NO7. The van der Waals surface area contributed by atoms with E-state index >= 15 is 0 Å². The average Bonchev–Trinajstić information content (AvgIpc) is 2.50. The topological polar surface area (TPSA) is 97.1 Å². The molecule has 21 heavy (non-hydrogen) atoms. The molecule has 0 N–H and O–H groups in total. The molecule has 0 saturated heterocycles. The first kappa shape index (κ1) is 16.7. The van der Waals surface area contributed by atoms with Crippen LogP contribution in [-0.2, 0) is 14.3 Å². The molecule has 0 spiro atoms. The predicted molar refractivity (Wildman–Crippen MR) is 72.6 cm³/mol. The molecule has 0 bridgehead atoms. The highest BCUT2D eigenvalue weighted by Gasteiger charge is 2.18. The van der Waals surface area contributed by atoms with Crippen LogP contribution in [0, 0.1) is 10.1 Å². The third kappa shape index (κ3) is 4.92. The van der Waals surface area contributed by atoms with Gasteiger partial charge in [0.1, 0.15) is 11.5 Å². The molecule has 116 valence electrons. The molecular weight excluding hydrogens is 282 g/mol. The molecule has 1 atom stereocenters. The number of hydrogen-bond donors (Lipinski definition) is 0. The molecule has 0 aliphatic rings. The number of nitrogens with zero attached hydrogens (tertiary/aromatic N) is 1. The zero-order valence-corrected chi connectivity index (χ0v) is 12.0. The van der Waals surface area contributed by atoms with Crippen molar-refractivity contribution in [1.29, 1.82) is 0 Å². The smallest absolute Gasteiger partial charge is 0.335 e. The number of hydrogen-bond acceptors (Lipinski definition) is 7. The lowest BCUT2D eigenvalue weighted by Gasteiger charge is -2.13. The van der Waals surface area contributed by atoms with Gasteiger partial charge in [0.25, 0.3) is 5.69 Å². The molecule has 1 aromatic rings. The summed E-state index contributed by atoms with van der Waals surface area (Å²) in [5, 5.41) is 10.8. The number of benzene rings is 1. The van der Waals surface area contributed by atoms with Crippen molar-refractivity contribution < 1.29 is 28.7 Å². The molecule has 0 fully saturated rings. The molecule has 8 nitrogen and oxygen atoms in total. The Morgan fingerprint density at radius 1 is 1.24 bits per heavy atom. The van der Waals surface area contributed by atoms with E-state index in [9.17, 15) is 14.9 Å². The molecule has 0 amide bonds. The lowest BCUT2D eigenvalue weighted by atomic mass is 10.2. The standard InChI is InChI=1S/C13H17NO7/c1-18-10-6-9(14(16)17)7-11(8-10)21-5-4-12(19-2)13(15)20-3/h6-8,12H,4-5H2,1-3H3/t12-/m0/s1. The summed E-state index contributed by atoms with van der Waals surface area (Å²) < 4.78 is 19.9. The van der Waals surface area contributed by atoms with E-state index in [1.807, 2.05) is 0 Å². The van der Waals surface area contributed by atoms with Crippen molar-refractivity contribution >= 4 is 11.7 Å². The summed E-state index contributed by atoms with van der Waals surface area (Å²) in [7, 11) is 4.06. The van der Waals surface area contributed by atoms with Crippen molar-refractivity contribution in [3.8, 4) is 11.5 Å². The van der Waals surface area contributed by atoms with Crippen LogP contribution in [0.5, 0.6) is 11.5 Å². The first-order chi connectivity index (χ1) is 10.0. The molecule has 0 radical (unpaired) electrons. The number of ether oxygens (including phenoxy) is 4. The zero-order valence-electron chi connectivity index (χ0n) is 12.0. The fourth-order valence-electron chi connectivity index (χ4n) is 1.61. The average molecular weight is 299 g/mol. The quantitative estimate of drug-likeness (QED) is 0.408. The van der Waals surface area contributed by atoms with Gasteiger partial charge in [0, 0.05) is 19.6 Å². The van der Waals surface area contributed by atoms with Crippen LogP contribution in [0.15, 0.2) is 18.2 Å². The molecule has 1 rings (SSSR count). The van der Waals surface area contributed by atoms with Crippen molar-refractivity contribution in [2.75, 3.05) is 27.9 Å². The fraction of sp³-hybridized carbons (Fsp3) is 0.462. The summed E-state index contributed by atoms with van der Waals surface area (Å²) >= 11 is 0. The van der Waals surface area contributed by atoms with Crippen LogP contribution in [0.4, 0.5) is 5.69 Å². The van der Waals surface area contributed by atoms with E-state index in [4.69, 9.17) is 14.2 Å². The zero-order chi connectivity index (χ0) is 15.8. The van der Waals surface area contributed by atoms with Crippen LogP contribution in [0.1, 0.15) is 6.42 Å². The normalized spacial score (nSPS) is 11.6. The van der Waals surface area contributed by atoms with Gasteiger partial charge in [-0.3, -0.25) is 10.1 Å². The molecule has 0 aliphatic heterocycles. The summed E-state index contributed by atoms with van der Waals surface area (Å²) in [6.45, 7) is 0.137. The van der Waals surface area contributed by atoms with Gasteiger partial charge in [-0.25, -0.2) is 4.79 Å². The largest absolute Gasteiger partial charge is 0.496 e. The van der Waals surface area contributed by atoms with Gasteiger partial charge in [0.05, 0.1) is 37.9 Å². The Morgan fingerprint density at radius 2 is 1.90 bits per heavy atom. The molecule has 8 heteroatoms. The highest BCUT2D eigenvalue weighted by Crippen LogP contribution is 2.27. The Kier molecular flexibility index (Phi) is 6.41. The summed E-state index contributed by atoms with van der Waals surface area (Å²) in [5.74, 6) is 0.0916. The number of nitro benzene ring substituents is 1. The lowest BCUT2D eigenvalue weighted by Crippen LogP contribution is -2.26. The van der Waals surface area contributed by atoms with Gasteiger partial charge in [-0.1, -0.05) is 0 Å². The SMILES string of the molecule is COC(=O)[C@H](CCOc1cc(OC)cc([N+](=O)[O-])c1)OC. The number of non-ortho nitro benzene ring substituents is 1. The first-order valence-corrected chi connectivity index (χ1v) is 6.08. The van der Waals surface area contributed by atoms with Crippen LogP contribution in [0.2, 0.25) is 0 Å². The van der Waals surface area contributed by atoms with E-state index in [0.29, 0.717) is 5.75 Å². The van der Waals surface area contributed by atoms with Crippen molar-refractivity contribution in [3.05, 3.63) is 28.3 Å². The van der Waals surface area contributed by atoms with Crippen molar-refractivity contribution in [3.63, 3.8) is 0 Å². The van der Waals surface area contributed by atoms with E-state index in [-0.39, 0.29) is 24.5 Å². The monoisotopic (exact) mass is 299 g/mol. The Labute approximate surface area is 121 Å². The van der Waals surface area contributed by atoms with Crippen LogP contribution in [0.3, 0.4) is 0 Å². The van der Waals surface area contributed by atoms with Crippen molar-refractivity contribution in [2.45, 2.75) is 12.5 Å². The minimum absolute atomic E-state index is 0.137. The van der Waals surface area contributed by atoms with Crippen LogP contribution < -0.4 is 9.47 Å². The maximum absolute atomic E-state index is 11.3. The number of esters is 1. The van der Waals surface area contributed by atoms with Crippen molar-refractivity contribution in [2.24, 2.45) is 0 Å². The maximum Gasteiger partial charge on any atom is 0.335 e. The number of methoxy groups -OCH3 is 3. The minimum atomic E-state index is -0.740. The van der Waals surface area contributed by atoms with Gasteiger partial charge in [0.15, 0.2) is 6.10 Å². The van der Waals surface area contributed by atoms with Gasteiger partial charge >= 0.3 is 5.97 Å². The third-order valence-electron chi connectivity index (χ3n) is 2.71. The van der Waals surface area contributed by atoms with Gasteiger partial charge < -0.3 is 18.9 Å². The Bertz CT molecular complexity index is 503. The second kappa shape index (κ2) is 8.05. The molecule has 0 heterocycles. The molecule has 0 saturated carbocycles. The van der Waals surface area contributed by atoms with E-state index < -0.39 is 17.0 Å². The molecule has 0 aliphatic carbocycles. The van der Waals surface area contributed by atoms with Crippen LogP contribution >= 0.6 is 0 Å². The Balaban J connectivity index is 2.68. The van der Waals surface area contributed by atoms with Gasteiger partial charge in [-0.05, 0) is 0 Å². The first-order valence-electron chi connectivity index (χ1n) is 6.08. The van der Waals surface area contributed by atoms with E-state index in [1.165, 1.54) is 39.5 Å². The lowest BCUT2D eigenvalue weighted by molar-refractivity contribution is -0.385. The summed E-state index contributed by atoms with van der Waals surface area (Å²) in [4.78, 5) is 21.6. The maximum atomic E-state index is 11.3.